The molecule has 1 aromatic rings. The number of ether oxygens (including phenoxy) is 1. The lowest BCUT2D eigenvalue weighted by atomic mass is 10.3. The van der Waals surface area contributed by atoms with Gasteiger partial charge in [-0.25, -0.2) is 9.97 Å². The molecular formula is C10H17N3O. The van der Waals surface area contributed by atoms with Crippen LogP contribution in [0.5, 0.6) is 0 Å². The molecule has 0 aromatic carbocycles. The number of anilines is 1. The molecule has 0 saturated carbocycles. The SMILES string of the molecule is CCNc1ccnc(C(C)OCC)n1. The highest BCUT2D eigenvalue weighted by Crippen LogP contribution is 2.13. The molecule has 0 aliphatic carbocycles. The Hall–Kier alpha value is -1.16. The van der Waals surface area contributed by atoms with E-state index in [1.807, 2.05) is 26.8 Å². The van der Waals surface area contributed by atoms with E-state index in [0.717, 1.165) is 18.2 Å². The molecule has 1 aromatic heterocycles. The summed E-state index contributed by atoms with van der Waals surface area (Å²) < 4.78 is 5.41. The lowest BCUT2D eigenvalue weighted by Gasteiger charge is -2.11. The first-order chi connectivity index (χ1) is 6.77. The molecule has 78 valence electrons. The van der Waals surface area contributed by atoms with Gasteiger partial charge in [0.15, 0.2) is 5.82 Å². The van der Waals surface area contributed by atoms with E-state index in [4.69, 9.17) is 4.74 Å². The van der Waals surface area contributed by atoms with Crippen molar-refractivity contribution >= 4 is 5.82 Å². The molecule has 1 atom stereocenters. The van der Waals surface area contributed by atoms with Gasteiger partial charge in [-0.15, -0.1) is 0 Å². The van der Waals surface area contributed by atoms with Crippen LogP contribution in [0.4, 0.5) is 5.82 Å². The van der Waals surface area contributed by atoms with Gasteiger partial charge in [-0.1, -0.05) is 0 Å². The fraction of sp³-hybridized carbons (Fsp3) is 0.600. The van der Waals surface area contributed by atoms with Gasteiger partial charge in [0.1, 0.15) is 11.9 Å². The second-order valence-electron chi connectivity index (χ2n) is 2.93. The molecule has 4 nitrogen and oxygen atoms in total. The Labute approximate surface area is 84.7 Å². The summed E-state index contributed by atoms with van der Waals surface area (Å²) in [6.07, 6.45) is 1.70. The number of aromatic nitrogens is 2. The van der Waals surface area contributed by atoms with Crippen molar-refractivity contribution in [3.8, 4) is 0 Å². The summed E-state index contributed by atoms with van der Waals surface area (Å²) >= 11 is 0. The second-order valence-corrected chi connectivity index (χ2v) is 2.93. The summed E-state index contributed by atoms with van der Waals surface area (Å²) in [5.41, 5.74) is 0. The standard InChI is InChI=1S/C10H17N3O/c1-4-11-9-6-7-12-10(13-9)8(3)14-5-2/h6-8H,4-5H2,1-3H3,(H,11,12,13). The summed E-state index contributed by atoms with van der Waals surface area (Å²) in [4.78, 5) is 8.50. The summed E-state index contributed by atoms with van der Waals surface area (Å²) in [6.45, 7) is 7.49. The average molecular weight is 195 g/mol. The molecule has 0 aliphatic rings. The Kier molecular flexibility index (Phi) is 4.32. The van der Waals surface area contributed by atoms with Gasteiger partial charge < -0.3 is 10.1 Å². The molecule has 1 N–H and O–H groups in total. The van der Waals surface area contributed by atoms with Crippen molar-refractivity contribution in [2.75, 3.05) is 18.5 Å². The third-order valence-corrected chi connectivity index (χ3v) is 1.81. The Bertz CT molecular complexity index is 278. The third kappa shape index (κ3) is 2.96. The number of hydrogen-bond donors (Lipinski definition) is 1. The Morgan fingerprint density at radius 3 is 2.93 bits per heavy atom. The summed E-state index contributed by atoms with van der Waals surface area (Å²) in [6, 6.07) is 1.85. The smallest absolute Gasteiger partial charge is 0.159 e. The Morgan fingerprint density at radius 1 is 1.50 bits per heavy atom. The van der Waals surface area contributed by atoms with Crippen LogP contribution >= 0.6 is 0 Å². The maximum absolute atomic E-state index is 5.41. The van der Waals surface area contributed by atoms with Gasteiger partial charge in [-0.05, 0) is 26.8 Å². The van der Waals surface area contributed by atoms with Crippen LogP contribution < -0.4 is 5.32 Å². The van der Waals surface area contributed by atoms with Crippen LogP contribution in [0.2, 0.25) is 0 Å². The zero-order valence-corrected chi connectivity index (χ0v) is 8.95. The Morgan fingerprint density at radius 2 is 2.29 bits per heavy atom. The lowest BCUT2D eigenvalue weighted by molar-refractivity contribution is 0.0701. The van der Waals surface area contributed by atoms with Gasteiger partial charge in [-0.3, -0.25) is 0 Å². The van der Waals surface area contributed by atoms with Crippen LogP contribution in [0.15, 0.2) is 12.3 Å². The van der Waals surface area contributed by atoms with Crippen LogP contribution in [0.3, 0.4) is 0 Å². The minimum Gasteiger partial charge on any atom is -0.371 e. The largest absolute Gasteiger partial charge is 0.371 e. The molecule has 1 rings (SSSR count). The van der Waals surface area contributed by atoms with Crippen LogP contribution in [-0.4, -0.2) is 23.1 Å². The first kappa shape index (κ1) is 10.9. The van der Waals surface area contributed by atoms with Crippen molar-refractivity contribution in [2.45, 2.75) is 26.9 Å². The highest BCUT2D eigenvalue weighted by atomic mass is 16.5. The van der Waals surface area contributed by atoms with Gasteiger partial charge in [0.05, 0.1) is 0 Å². The highest BCUT2D eigenvalue weighted by molar-refractivity contribution is 5.32. The molecule has 14 heavy (non-hydrogen) atoms. The molecule has 0 amide bonds. The predicted octanol–water partition coefficient (Wildman–Crippen LogP) is 2.01. The van der Waals surface area contributed by atoms with E-state index in [9.17, 15) is 0 Å². The molecule has 0 spiro atoms. The maximum atomic E-state index is 5.41. The average Bonchev–Trinajstić information content (AvgIpc) is 2.19. The van der Waals surface area contributed by atoms with Crippen molar-refractivity contribution in [1.82, 2.24) is 9.97 Å². The normalized spacial score (nSPS) is 12.5. The molecule has 0 saturated heterocycles. The molecule has 1 heterocycles. The number of rotatable bonds is 5. The first-order valence-electron chi connectivity index (χ1n) is 4.96. The van der Waals surface area contributed by atoms with Gasteiger partial charge in [0, 0.05) is 19.3 Å². The van der Waals surface area contributed by atoms with E-state index in [0.29, 0.717) is 6.61 Å². The second kappa shape index (κ2) is 5.54. The van der Waals surface area contributed by atoms with Crippen LogP contribution in [0, 0.1) is 0 Å². The van der Waals surface area contributed by atoms with E-state index in [1.54, 1.807) is 6.20 Å². The van der Waals surface area contributed by atoms with Crippen LogP contribution in [0.1, 0.15) is 32.7 Å². The van der Waals surface area contributed by atoms with E-state index in [2.05, 4.69) is 15.3 Å². The third-order valence-electron chi connectivity index (χ3n) is 1.81. The van der Waals surface area contributed by atoms with Crippen LogP contribution in [-0.2, 0) is 4.74 Å². The van der Waals surface area contributed by atoms with E-state index >= 15 is 0 Å². The monoisotopic (exact) mass is 195 g/mol. The predicted molar refractivity (Wildman–Crippen MR) is 56.2 cm³/mol. The van der Waals surface area contributed by atoms with Crippen molar-refractivity contribution in [2.24, 2.45) is 0 Å². The molecular weight excluding hydrogens is 178 g/mol. The first-order valence-corrected chi connectivity index (χ1v) is 4.96. The van der Waals surface area contributed by atoms with Gasteiger partial charge in [-0.2, -0.15) is 0 Å². The summed E-state index contributed by atoms with van der Waals surface area (Å²) in [7, 11) is 0. The molecule has 0 aliphatic heterocycles. The lowest BCUT2D eigenvalue weighted by Crippen LogP contribution is -2.07. The fourth-order valence-electron chi connectivity index (χ4n) is 1.17. The van der Waals surface area contributed by atoms with Crippen molar-refractivity contribution < 1.29 is 4.74 Å². The zero-order chi connectivity index (χ0) is 10.4. The quantitative estimate of drug-likeness (QED) is 0.780. The van der Waals surface area contributed by atoms with Gasteiger partial charge in [0.2, 0.25) is 0 Å². The number of nitrogens with zero attached hydrogens (tertiary/aromatic N) is 2. The van der Waals surface area contributed by atoms with Crippen LogP contribution in [0.25, 0.3) is 0 Å². The molecule has 0 bridgehead atoms. The highest BCUT2D eigenvalue weighted by Gasteiger charge is 2.08. The topological polar surface area (TPSA) is 47.0 Å². The van der Waals surface area contributed by atoms with E-state index in [1.165, 1.54) is 0 Å². The van der Waals surface area contributed by atoms with Gasteiger partial charge in [0.25, 0.3) is 0 Å². The zero-order valence-electron chi connectivity index (χ0n) is 8.95. The summed E-state index contributed by atoms with van der Waals surface area (Å²) in [5.74, 6) is 1.58. The fourth-order valence-corrected chi connectivity index (χ4v) is 1.17. The van der Waals surface area contributed by atoms with Crippen molar-refractivity contribution in [1.29, 1.82) is 0 Å². The molecule has 1 unspecified atom stereocenters. The molecule has 4 heteroatoms. The summed E-state index contributed by atoms with van der Waals surface area (Å²) in [5, 5.41) is 3.14. The van der Waals surface area contributed by atoms with E-state index < -0.39 is 0 Å². The molecule has 0 fully saturated rings. The van der Waals surface area contributed by atoms with Crippen molar-refractivity contribution in [3.63, 3.8) is 0 Å². The number of hydrogen-bond acceptors (Lipinski definition) is 4. The van der Waals surface area contributed by atoms with Crippen molar-refractivity contribution in [3.05, 3.63) is 18.1 Å². The van der Waals surface area contributed by atoms with E-state index in [-0.39, 0.29) is 6.10 Å². The van der Waals surface area contributed by atoms with Gasteiger partial charge >= 0.3 is 0 Å². The minimum atomic E-state index is -0.0430. The maximum Gasteiger partial charge on any atom is 0.159 e. The minimum absolute atomic E-state index is 0.0430. The Balaban J connectivity index is 2.71. The number of nitrogens with one attached hydrogen (secondary N) is 1. The molecule has 0 radical (unpaired) electrons.